The number of rotatable bonds is 5. The monoisotopic (exact) mass is 415 g/mol. The van der Waals surface area contributed by atoms with Gasteiger partial charge in [-0.3, -0.25) is 14.3 Å². The number of carbonyl (C=O) groups is 2. The van der Waals surface area contributed by atoms with E-state index >= 15 is 0 Å². The fourth-order valence-electron chi connectivity index (χ4n) is 2.81. The second kappa shape index (κ2) is 7.63. The van der Waals surface area contributed by atoms with Crippen molar-refractivity contribution in [1.82, 2.24) is 14.1 Å². The summed E-state index contributed by atoms with van der Waals surface area (Å²) in [4.78, 5) is 24.2. The van der Waals surface area contributed by atoms with Gasteiger partial charge in [0.1, 0.15) is 5.70 Å². The van der Waals surface area contributed by atoms with E-state index in [1.165, 1.54) is 20.0 Å². The first-order valence-corrected chi connectivity index (χ1v) is 10.3. The summed E-state index contributed by atoms with van der Waals surface area (Å²) in [5.74, 6) is -0.702. The van der Waals surface area contributed by atoms with Gasteiger partial charge in [0.2, 0.25) is 0 Å². The molecule has 1 N–H and O–H groups in total. The van der Waals surface area contributed by atoms with Crippen molar-refractivity contribution in [2.75, 3.05) is 12.4 Å². The Kier molecular flexibility index (Phi) is 5.38. The Hall–Kier alpha value is -3.27. The van der Waals surface area contributed by atoms with E-state index in [2.05, 4.69) is 14.8 Å². The normalized spacial score (nSPS) is 15.5. The number of ketones is 1. The van der Waals surface area contributed by atoms with Crippen molar-refractivity contribution in [2.45, 2.75) is 27.3 Å². The summed E-state index contributed by atoms with van der Waals surface area (Å²) in [5.41, 5.74) is 2.18. The third kappa shape index (κ3) is 4.11. The van der Waals surface area contributed by atoms with Gasteiger partial charge < -0.3 is 5.32 Å². The Morgan fingerprint density at radius 3 is 2.38 bits per heavy atom. The number of aromatic nitrogens is 2. The molecular weight excluding hydrogens is 394 g/mol. The number of likely N-dealkylation sites (N-methyl/N-ethyl adjacent to an activating group) is 1. The maximum absolute atomic E-state index is 12.8. The molecule has 0 unspecified atom stereocenters. The zero-order chi connectivity index (χ0) is 21.3. The van der Waals surface area contributed by atoms with Crippen LogP contribution in [-0.2, 0) is 21.5 Å². The average molecular weight is 415 g/mol. The summed E-state index contributed by atoms with van der Waals surface area (Å²) in [6, 6.07) is 6.33. The van der Waals surface area contributed by atoms with Gasteiger partial charge in [0, 0.05) is 36.6 Å². The Morgan fingerprint density at radius 1 is 1.17 bits per heavy atom. The van der Waals surface area contributed by atoms with Crippen LogP contribution in [0.25, 0.3) is 0 Å². The standard InChI is InChI=1S/C19H21N5O4S/c1-5-24-11-16(12(2)21-24)17-10-18(23(4)29(27,28)22-17)19(26)20-15-8-6-14(7-9-15)13(3)25/h6-11H,5H2,1-4H3,(H,20,26). The molecule has 0 fully saturated rings. The lowest BCUT2D eigenvalue weighted by Gasteiger charge is -2.23. The van der Waals surface area contributed by atoms with E-state index < -0.39 is 16.1 Å². The number of amides is 1. The minimum absolute atomic E-state index is 0.0747. The molecule has 1 aliphatic heterocycles. The molecule has 0 spiro atoms. The highest BCUT2D eigenvalue weighted by Gasteiger charge is 2.31. The number of nitrogens with one attached hydrogen (secondary N) is 1. The molecule has 9 nitrogen and oxygen atoms in total. The van der Waals surface area contributed by atoms with Crippen molar-refractivity contribution in [1.29, 1.82) is 0 Å². The Bertz CT molecular complexity index is 1140. The Balaban J connectivity index is 1.94. The van der Waals surface area contributed by atoms with Crippen LogP contribution in [0.15, 0.2) is 46.6 Å². The molecule has 1 aromatic carbocycles. The second-order valence-corrected chi connectivity index (χ2v) is 8.15. The second-order valence-electron chi connectivity index (χ2n) is 6.52. The topological polar surface area (TPSA) is 114 Å². The van der Waals surface area contributed by atoms with Crippen LogP contribution in [0.1, 0.15) is 35.5 Å². The van der Waals surface area contributed by atoms with Crippen molar-refractivity contribution in [3.63, 3.8) is 0 Å². The largest absolute Gasteiger partial charge is 0.345 e. The summed E-state index contributed by atoms with van der Waals surface area (Å²) in [5, 5.41) is 6.95. The molecule has 1 aromatic heterocycles. The summed E-state index contributed by atoms with van der Waals surface area (Å²) < 4.78 is 31.3. The van der Waals surface area contributed by atoms with Crippen molar-refractivity contribution in [3.8, 4) is 0 Å². The number of carbonyl (C=O) groups excluding carboxylic acids is 2. The SMILES string of the molecule is CCn1cc(C2=NS(=O)(=O)N(C)C(C(=O)Nc3ccc(C(C)=O)cc3)=C2)c(C)n1. The Morgan fingerprint density at radius 2 is 1.83 bits per heavy atom. The van der Waals surface area contributed by atoms with E-state index in [1.54, 1.807) is 42.1 Å². The van der Waals surface area contributed by atoms with E-state index in [-0.39, 0.29) is 17.2 Å². The van der Waals surface area contributed by atoms with Gasteiger partial charge in [-0.15, -0.1) is 4.40 Å². The Labute approximate surface area is 168 Å². The first-order chi connectivity index (χ1) is 13.6. The molecule has 2 heterocycles. The third-order valence-electron chi connectivity index (χ3n) is 4.50. The molecule has 3 rings (SSSR count). The van der Waals surface area contributed by atoms with Gasteiger partial charge >= 0.3 is 10.2 Å². The predicted octanol–water partition coefficient (Wildman–Crippen LogP) is 1.92. The van der Waals surface area contributed by atoms with E-state index in [0.29, 0.717) is 29.1 Å². The van der Waals surface area contributed by atoms with Gasteiger partial charge in [-0.05, 0) is 51.1 Å². The van der Waals surface area contributed by atoms with Crippen molar-refractivity contribution >= 4 is 33.3 Å². The number of nitrogens with zero attached hydrogens (tertiary/aromatic N) is 4. The molecule has 0 atom stereocenters. The van der Waals surface area contributed by atoms with Crippen LogP contribution >= 0.6 is 0 Å². The first kappa shape index (κ1) is 20.5. The zero-order valence-corrected chi connectivity index (χ0v) is 17.3. The van der Waals surface area contributed by atoms with Crippen LogP contribution < -0.4 is 5.32 Å². The smallest absolute Gasteiger partial charge is 0.321 e. The quantitative estimate of drug-likeness (QED) is 0.750. The molecule has 10 heteroatoms. The van der Waals surface area contributed by atoms with Crippen LogP contribution in [0.5, 0.6) is 0 Å². The molecule has 0 aliphatic carbocycles. The van der Waals surface area contributed by atoms with Crippen LogP contribution in [0.3, 0.4) is 0 Å². The summed E-state index contributed by atoms with van der Waals surface area (Å²) in [7, 11) is -2.80. The van der Waals surface area contributed by atoms with Crippen molar-refractivity contribution < 1.29 is 18.0 Å². The minimum atomic E-state index is -4.07. The van der Waals surface area contributed by atoms with Crippen LogP contribution in [0.2, 0.25) is 0 Å². The molecule has 0 saturated heterocycles. The average Bonchev–Trinajstić information content (AvgIpc) is 3.05. The molecule has 2 aromatic rings. The number of allylic oxidation sites excluding steroid dienone is 1. The number of anilines is 1. The van der Waals surface area contributed by atoms with E-state index in [4.69, 9.17) is 0 Å². The fraction of sp³-hybridized carbons (Fsp3) is 0.263. The number of aryl methyl sites for hydroxylation is 2. The summed E-state index contributed by atoms with van der Waals surface area (Å²) in [6.45, 7) is 5.73. The van der Waals surface area contributed by atoms with Gasteiger partial charge in [0.15, 0.2) is 5.78 Å². The van der Waals surface area contributed by atoms with Gasteiger partial charge in [0.05, 0.1) is 11.4 Å². The fourth-order valence-corrected chi connectivity index (χ4v) is 3.71. The maximum atomic E-state index is 12.8. The van der Waals surface area contributed by atoms with Gasteiger partial charge in [-0.1, -0.05) is 0 Å². The highest BCUT2D eigenvalue weighted by atomic mass is 32.2. The minimum Gasteiger partial charge on any atom is -0.321 e. The molecule has 0 bridgehead atoms. The lowest BCUT2D eigenvalue weighted by molar-refractivity contribution is -0.113. The van der Waals surface area contributed by atoms with Gasteiger partial charge in [0.25, 0.3) is 5.91 Å². The molecule has 0 radical (unpaired) electrons. The van der Waals surface area contributed by atoms with Gasteiger partial charge in [-0.25, -0.2) is 4.31 Å². The summed E-state index contributed by atoms with van der Waals surface area (Å²) in [6.07, 6.45) is 3.12. The molecule has 1 amide bonds. The molecular formula is C19H21N5O4S. The zero-order valence-electron chi connectivity index (χ0n) is 16.5. The number of hydrogen-bond acceptors (Lipinski definition) is 5. The van der Waals surface area contributed by atoms with E-state index in [1.807, 2.05) is 6.92 Å². The predicted molar refractivity (Wildman–Crippen MR) is 109 cm³/mol. The molecule has 152 valence electrons. The van der Waals surface area contributed by atoms with Crippen LogP contribution in [0.4, 0.5) is 5.69 Å². The number of benzene rings is 1. The molecule has 29 heavy (non-hydrogen) atoms. The lowest BCUT2D eigenvalue weighted by atomic mass is 10.1. The maximum Gasteiger partial charge on any atom is 0.345 e. The third-order valence-corrected chi connectivity index (χ3v) is 5.82. The van der Waals surface area contributed by atoms with Crippen molar-refractivity contribution in [2.24, 2.45) is 4.40 Å². The van der Waals surface area contributed by atoms with E-state index in [9.17, 15) is 18.0 Å². The number of hydrogen-bond donors (Lipinski definition) is 1. The highest BCUT2D eigenvalue weighted by Crippen LogP contribution is 2.22. The first-order valence-electron chi connectivity index (χ1n) is 8.89. The van der Waals surface area contributed by atoms with E-state index in [0.717, 1.165) is 4.31 Å². The summed E-state index contributed by atoms with van der Waals surface area (Å²) >= 11 is 0. The van der Waals surface area contributed by atoms with Gasteiger partial charge in [-0.2, -0.15) is 13.5 Å². The molecule has 1 aliphatic rings. The van der Waals surface area contributed by atoms with Crippen LogP contribution in [0, 0.1) is 6.92 Å². The molecule has 0 saturated carbocycles. The van der Waals surface area contributed by atoms with Crippen LogP contribution in [-0.4, -0.2) is 47.0 Å². The van der Waals surface area contributed by atoms with Crippen molar-refractivity contribution in [3.05, 3.63) is 59.1 Å². The highest BCUT2D eigenvalue weighted by molar-refractivity contribution is 7.88. The lowest BCUT2D eigenvalue weighted by Crippen LogP contribution is -2.35. The number of Topliss-reactive ketones (excluding diaryl/α,β-unsaturated/α-hetero) is 1.